The summed E-state index contributed by atoms with van der Waals surface area (Å²) in [5.74, 6) is 0.814. The Morgan fingerprint density at radius 1 is 1.21 bits per heavy atom. The minimum Gasteiger partial charge on any atom is -0.487 e. The molecule has 2 aliphatic heterocycles. The predicted octanol–water partition coefficient (Wildman–Crippen LogP) is 0.686. The van der Waals surface area contributed by atoms with Gasteiger partial charge in [-0.15, -0.1) is 0 Å². The zero-order chi connectivity index (χ0) is 17.1. The van der Waals surface area contributed by atoms with Gasteiger partial charge < -0.3 is 19.4 Å². The van der Waals surface area contributed by atoms with E-state index in [-0.39, 0.29) is 23.8 Å². The molecule has 1 atom stereocenters. The fourth-order valence-electron chi connectivity index (χ4n) is 3.12. The topological polar surface area (TPSA) is 53.1 Å². The number of hydrogen-bond donors (Lipinski definition) is 0. The van der Waals surface area contributed by atoms with Crippen LogP contribution < -0.4 is 4.74 Å². The molecular formula is C18H25N3O3. The summed E-state index contributed by atoms with van der Waals surface area (Å²) < 4.78 is 5.82. The normalized spacial score (nSPS) is 21.3. The van der Waals surface area contributed by atoms with Crippen molar-refractivity contribution >= 4 is 11.8 Å². The molecule has 2 heterocycles. The van der Waals surface area contributed by atoms with Crippen molar-refractivity contribution in [3.63, 3.8) is 0 Å². The van der Waals surface area contributed by atoms with Gasteiger partial charge in [0.15, 0.2) is 0 Å². The van der Waals surface area contributed by atoms with Crippen LogP contribution in [0, 0.1) is 5.92 Å². The first kappa shape index (κ1) is 16.8. The number of likely N-dealkylation sites (tertiary alicyclic amines) is 2. The molecule has 2 fully saturated rings. The Labute approximate surface area is 143 Å². The first-order valence-electron chi connectivity index (χ1n) is 8.46. The zero-order valence-corrected chi connectivity index (χ0v) is 14.4. The Balaban J connectivity index is 1.44. The van der Waals surface area contributed by atoms with E-state index >= 15 is 0 Å². The average Bonchev–Trinajstić information content (AvgIpc) is 2.90. The van der Waals surface area contributed by atoms with Gasteiger partial charge in [0.05, 0.1) is 19.0 Å². The number of likely N-dealkylation sites (N-methyl/N-ethyl adjacent to an activating group) is 1. The lowest BCUT2D eigenvalue weighted by Crippen LogP contribution is -2.57. The fraction of sp³-hybridized carbons (Fsp3) is 0.556. The summed E-state index contributed by atoms with van der Waals surface area (Å²) in [6, 6.07) is 9.65. The number of carbonyl (C=O) groups excluding carboxylic acids is 2. The minimum atomic E-state index is -0.197. The molecule has 0 radical (unpaired) electrons. The highest BCUT2D eigenvalue weighted by Gasteiger charge is 2.40. The second kappa shape index (κ2) is 7.21. The average molecular weight is 331 g/mol. The van der Waals surface area contributed by atoms with Gasteiger partial charge >= 0.3 is 0 Å². The monoisotopic (exact) mass is 331 g/mol. The third-order valence-corrected chi connectivity index (χ3v) is 4.59. The zero-order valence-electron chi connectivity index (χ0n) is 14.4. The molecule has 0 aliphatic carbocycles. The van der Waals surface area contributed by atoms with Crippen LogP contribution in [0.3, 0.4) is 0 Å². The van der Waals surface area contributed by atoms with E-state index in [1.54, 1.807) is 9.80 Å². The molecule has 0 spiro atoms. The molecule has 1 aromatic carbocycles. The number of para-hydroxylation sites is 1. The van der Waals surface area contributed by atoms with E-state index in [0.717, 1.165) is 12.3 Å². The number of amides is 2. The van der Waals surface area contributed by atoms with Crippen LogP contribution in [0.1, 0.15) is 6.42 Å². The largest absolute Gasteiger partial charge is 0.487 e. The molecule has 6 nitrogen and oxygen atoms in total. The van der Waals surface area contributed by atoms with E-state index < -0.39 is 0 Å². The lowest BCUT2D eigenvalue weighted by molar-refractivity contribution is -0.144. The Kier molecular flexibility index (Phi) is 5.04. The lowest BCUT2D eigenvalue weighted by Gasteiger charge is -2.40. The molecule has 24 heavy (non-hydrogen) atoms. The van der Waals surface area contributed by atoms with E-state index in [1.165, 1.54) is 0 Å². The van der Waals surface area contributed by atoms with Gasteiger partial charge in [0.1, 0.15) is 11.9 Å². The molecule has 0 aromatic heterocycles. The molecule has 1 aromatic rings. The third kappa shape index (κ3) is 3.87. The standard InChI is InChI=1S/C18H25N3O3/c1-19(2)8-9-20-11-14(10-17(20)22)18(23)21-12-16(13-21)24-15-6-4-3-5-7-15/h3-7,14,16H,8-13H2,1-2H3/t14-/m0/s1. The molecule has 0 bridgehead atoms. The molecule has 2 amide bonds. The van der Waals surface area contributed by atoms with Gasteiger partial charge in [0.2, 0.25) is 11.8 Å². The number of hydrogen-bond acceptors (Lipinski definition) is 4. The van der Waals surface area contributed by atoms with Crippen molar-refractivity contribution in [1.29, 1.82) is 0 Å². The van der Waals surface area contributed by atoms with Crippen molar-refractivity contribution in [2.24, 2.45) is 5.92 Å². The highest BCUT2D eigenvalue weighted by molar-refractivity contribution is 5.89. The Bertz CT molecular complexity index is 584. The molecule has 2 aliphatic rings. The second-order valence-corrected chi connectivity index (χ2v) is 6.84. The third-order valence-electron chi connectivity index (χ3n) is 4.59. The SMILES string of the molecule is CN(C)CCN1C[C@@H](C(=O)N2CC(Oc3ccccc3)C2)CC1=O. The van der Waals surface area contributed by atoms with Gasteiger partial charge in [-0.3, -0.25) is 9.59 Å². The molecular weight excluding hydrogens is 306 g/mol. The second-order valence-electron chi connectivity index (χ2n) is 6.84. The molecule has 3 rings (SSSR count). The number of rotatable bonds is 6. The Morgan fingerprint density at radius 3 is 2.58 bits per heavy atom. The first-order valence-corrected chi connectivity index (χ1v) is 8.46. The highest BCUT2D eigenvalue weighted by Crippen LogP contribution is 2.24. The van der Waals surface area contributed by atoms with Crippen molar-refractivity contribution in [2.45, 2.75) is 12.5 Å². The van der Waals surface area contributed by atoms with E-state index in [9.17, 15) is 9.59 Å². The summed E-state index contributed by atoms with van der Waals surface area (Å²) in [6.45, 7) is 3.27. The number of benzene rings is 1. The summed E-state index contributed by atoms with van der Waals surface area (Å²) >= 11 is 0. The van der Waals surface area contributed by atoms with Crippen molar-refractivity contribution in [1.82, 2.24) is 14.7 Å². The maximum absolute atomic E-state index is 12.5. The smallest absolute Gasteiger partial charge is 0.228 e. The van der Waals surface area contributed by atoms with Crippen LogP contribution in [0.25, 0.3) is 0 Å². The van der Waals surface area contributed by atoms with Crippen LogP contribution in [0.5, 0.6) is 5.75 Å². The molecule has 6 heteroatoms. The summed E-state index contributed by atoms with van der Waals surface area (Å²) in [5, 5.41) is 0. The van der Waals surface area contributed by atoms with E-state index in [0.29, 0.717) is 32.6 Å². The maximum atomic E-state index is 12.5. The van der Waals surface area contributed by atoms with Gasteiger partial charge in [-0.2, -0.15) is 0 Å². The van der Waals surface area contributed by atoms with Crippen molar-refractivity contribution < 1.29 is 14.3 Å². The lowest BCUT2D eigenvalue weighted by atomic mass is 10.0. The van der Waals surface area contributed by atoms with Crippen LogP contribution in [0.15, 0.2) is 30.3 Å². The van der Waals surface area contributed by atoms with E-state index in [1.807, 2.05) is 49.3 Å². The minimum absolute atomic E-state index is 0.0540. The van der Waals surface area contributed by atoms with E-state index in [4.69, 9.17) is 4.74 Å². The van der Waals surface area contributed by atoms with Gasteiger partial charge in [-0.1, -0.05) is 18.2 Å². The summed E-state index contributed by atoms with van der Waals surface area (Å²) in [6.07, 6.45) is 0.394. The first-order chi connectivity index (χ1) is 11.5. The van der Waals surface area contributed by atoms with Crippen LogP contribution in [0.2, 0.25) is 0 Å². The predicted molar refractivity (Wildman–Crippen MR) is 90.7 cm³/mol. The molecule has 2 saturated heterocycles. The molecule has 130 valence electrons. The van der Waals surface area contributed by atoms with Crippen LogP contribution in [-0.2, 0) is 9.59 Å². The molecule has 0 saturated carbocycles. The van der Waals surface area contributed by atoms with Crippen LogP contribution in [0.4, 0.5) is 0 Å². The number of nitrogens with zero attached hydrogens (tertiary/aromatic N) is 3. The molecule has 0 N–H and O–H groups in total. The summed E-state index contributed by atoms with van der Waals surface area (Å²) in [7, 11) is 3.96. The maximum Gasteiger partial charge on any atom is 0.228 e. The van der Waals surface area contributed by atoms with Gasteiger partial charge in [0, 0.05) is 26.1 Å². The Hall–Kier alpha value is -2.08. The number of ether oxygens (including phenoxy) is 1. The van der Waals surface area contributed by atoms with Gasteiger partial charge in [0.25, 0.3) is 0 Å². The van der Waals surface area contributed by atoms with Crippen molar-refractivity contribution in [3.8, 4) is 5.75 Å². The quantitative estimate of drug-likeness (QED) is 0.769. The van der Waals surface area contributed by atoms with Gasteiger partial charge in [-0.25, -0.2) is 0 Å². The van der Waals surface area contributed by atoms with Crippen molar-refractivity contribution in [2.75, 3.05) is 46.8 Å². The van der Waals surface area contributed by atoms with E-state index in [2.05, 4.69) is 0 Å². The summed E-state index contributed by atoms with van der Waals surface area (Å²) in [5.41, 5.74) is 0. The van der Waals surface area contributed by atoms with Crippen molar-refractivity contribution in [3.05, 3.63) is 30.3 Å². The number of carbonyl (C=O) groups is 2. The Morgan fingerprint density at radius 2 is 1.92 bits per heavy atom. The van der Waals surface area contributed by atoms with Crippen LogP contribution >= 0.6 is 0 Å². The summed E-state index contributed by atoms with van der Waals surface area (Å²) in [4.78, 5) is 30.2. The highest BCUT2D eigenvalue weighted by atomic mass is 16.5. The fourth-order valence-corrected chi connectivity index (χ4v) is 3.12. The molecule has 0 unspecified atom stereocenters. The van der Waals surface area contributed by atoms with Gasteiger partial charge in [-0.05, 0) is 26.2 Å². The van der Waals surface area contributed by atoms with Crippen LogP contribution in [-0.4, -0.2) is 79.4 Å².